The minimum atomic E-state index is -0.271. The maximum absolute atomic E-state index is 12.2. The van der Waals surface area contributed by atoms with Crippen LogP contribution in [-0.2, 0) is 14.3 Å². The second kappa shape index (κ2) is 5.98. The molecule has 0 N–H and O–H groups in total. The zero-order chi connectivity index (χ0) is 15.6. The predicted octanol–water partition coefficient (Wildman–Crippen LogP) is 2.92. The smallest absolute Gasteiger partial charge is 0.302 e. The topological polar surface area (TPSA) is 46.6 Å². The number of likely N-dealkylation sites (tertiary alicyclic amines) is 1. The molecule has 114 valence electrons. The quantitative estimate of drug-likeness (QED) is 0.588. The molecule has 1 aliphatic heterocycles. The zero-order valence-corrected chi connectivity index (χ0v) is 13.4. The zero-order valence-electron chi connectivity index (χ0n) is 13.4. The van der Waals surface area contributed by atoms with E-state index in [-0.39, 0.29) is 23.0 Å². The molecule has 1 fully saturated rings. The molecule has 1 atom stereocenters. The molecule has 1 saturated heterocycles. The summed E-state index contributed by atoms with van der Waals surface area (Å²) in [5.41, 5.74) is -0.445. The van der Waals surface area contributed by atoms with Crippen molar-refractivity contribution in [2.75, 3.05) is 6.61 Å². The standard InChI is InChI=1S/C16H27NO3/c1-7-14(19)17-15(3,4)10-8-13(16(17,5)6)9-11-20-12(2)18/h7,13H,1,8-11H2,2-6H3. The van der Waals surface area contributed by atoms with Gasteiger partial charge in [0.15, 0.2) is 0 Å². The van der Waals surface area contributed by atoms with Gasteiger partial charge in [0.05, 0.1) is 6.61 Å². The summed E-state index contributed by atoms with van der Waals surface area (Å²) in [5, 5.41) is 0. The fraction of sp³-hybridized carbons (Fsp3) is 0.750. The molecule has 20 heavy (non-hydrogen) atoms. The van der Waals surface area contributed by atoms with E-state index >= 15 is 0 Å². The largest absolute Gasteiger partial charge is 0.466 e. The molecule has 1 heterocycles. The van der Waals surface area contributed by atoms with Crippen LogP contribution in [-0.4, -0.2) is 34.5 Å². The van der Waals surface area contributed by atoms with Crippen LogP contribution in [0.3, 0.4) is 0 Å². The van der Waals surface area contributed by atoms with Gasteiger partial charge in [-0.2, -0.15) is 0 Å². The van der Waals surface area contributed by atoms with Gasteiger partial charge in [-0.15, -0.1) is 0 Å². The first-order chi connectivity index (χ1) is 9.13. The van der Waals surface area contributed by atoms with Crippen LogP contribution in [0.4, 0.5) is 0 Å². The molecule has 0 bridgehead atoms. The Labute approximate surface area is 122 Å². The van der Waals surface area contributed by atoms with Gasteiger partial charge in [-0.05, 0) is 59.0 Å². The highest BCUT2D eigenvalue weighted by Crippen LogP contribution is 2.43. The van der Waals surface area contributed by atoms with Crippen molar-refractivity contribution >= 4 is 11.9 Å². The summed E-state index contributed by atoms with van der Waals surface area (Å²) in [5.74, 6) is 0.0360. The lowest BCUT2D eigenvalue weighted by atomic mass is 9.71. The molecular weight excluding hydrogens is 254 g/mol. The third-order valence-corrected chi connectivity index (χ3v) is 4.45. The van der Waals surface area contributed by atoms with Crippen LogP contribution in [0.15, 0.2) is 12.7 Å². The van der Waals surface area contributed by atoms with Crippen LogP contribution >= 0.6 is 0 Å². The average Bonchev–Trinajstić information content (AvgIpc) is 2.30. The summed E-state index contributed by atoms with van der Waals surface area (Å²) in [6, 6.07) is 0. The molecule has 0 aromatic heterocycles. The van der Waals surface area contributed by atoms with E-state index in [1.165, 1.54) is 13.0 Å². The number of esters is 1. The highest BCUT2D eigenvalue weighted by molar-refractivity contribution is 5.88. The van der Waals surface area contributed by atoms with Crippen LogP contribution in [0.2, 0.25) is 0 Å². The number of ether oxygens (including phenoxy) is 1. The second-order valence-electron chi connectivity index (χ2n) is 6.71. The van der Waals surface area contributed by atoms with Gasteiger partial charge in [0.2, 0.25) is 5.91 Å². The molecule has 0 radical (unpaired) electrons. The van der Waals surface area contributed by atoms with Crippen molar-refractivity contribution < 1.29 is 14.3 Å². The van der Waals surface area contributed by atoms with Gasteiger partial charge >= 0.3 is 5.97 Å². The normalized spacial score (nSPS) is 24.1. The van der Waals surface area contributed by atoms with Gasteiger partial charge in [-0.3, -0.25) is 9.59 Å². The Hall–Kier alpha value is -1.32. The van der Waals surface area contributed by atoms with Gasteiger partial charge in [-0.25, -0.2) is 0 Å². The van der Waals surface area contributed by atoms with Crippen LogP contribution in [0.1, 0.15) is 53.9 Å². The fourth-order valence-electron chi connectivity index (χ4n) is 3.47. The van der Waals surface area contributed by atoms with E-state index in [4.69, 9.17) is 4.74 Å². The maximum Gasteiger partial charge on any atom is 0.302 e. The number of rotatable bonds is 4. The number of carbonyl (C=O) groups excluding carboxylic acids is 2. The molecule has 0 aromatic rings. The lowest BCUT2D eigenvalue weighted by Gasteiger charge is -2.56. The van der Waals surface area contributed by atoms with Crippen molar-refractivity contribution in [1.29, 1.82) is 0 Å². The van der Waals surface area contributed by atoms with Crippen LogP contribution in [0, 0.1) is 5.92 Å². The fourth-order valence-corrected chi connectivity index (χ4v) is 3.47. The average molecular weight is 281 g/mol. The van der Waals surface area contributed by atoms with E-state index in [9.17, 15) is 9.59 Å². The van der Waals surface area contributed by atoms with E-state index in [1.54, 1.807) is 0 Å². The van der Waals surface area contributed by atoms with Crippen LogP contribution in [0.25, 0.3) is 0 Å². The Morgan fingerprint density at radius 1 is 1.35 bits per heavy atom. The monoisotopic (exact) mass is 281 g/mol. The number of hydrogen-bond acceptors (Lipinski definition) is 3. The van der Waals surface area contributed by atoms with Crippen LogP contribution < -0.4 is 0 Å². The number of hydrogen-bond donors (Lipinski definition) is 0. The summed E-state index contributed by atoms with van der Waals surface area (Å²) < 4.78 is 5.05. The first kappa shape index (κ1) is 16.7. The molecule has 0 saturated carbocycles. The van der Waals surface area contributed by atoms with Gasteiger partial charge in [0.25, 0.3) is 0 Å². The minimum Gasteiger partial charge on any atom is -0.466 e. The van der Waals surface area contributed by atoms with Gasteiger partial charge in [0, 0.05) is 18.0 Å². The van der Waals surface area contributed by atoms with Crippen molar-refractivity contribution in [2.45, 2.75) is 65.0 Å². The van der Waals surface area contributed by atoms with Crippen molar-refractivity contribution in [3.05, 3.63) is 12.7 Å². The van der Waals surface area contributed by atoms with E-state index < -0.39 is 0 Å². The molecule has 1 rings (SSSR count). The Morgan fingerprint density at radius 2 is 1.95 bits per heavy atom. The summed E-state index contributed by atoms with van der Waals surface area (Å²) in [4.78, 5) is 25.1. The highest BCUT2D eigenvalue weighted by atomic mass is 16.5. The Balaban J connectivity index is 2.88. The van der Waals surface area contributed by atoms with Crippen molar-refractivity contribution in [3.63, 3.8) is 0 Å². The Morgan fingerprint density at radius 3 is 2.45 bits per heavy atom. The minimum absolute atomic E-state index is 0.0304. The molecule has 4 heteroatoms. The third kappa shape index (κ3) is 3.41. The molecule has 1 unspecified atom stereocenters. The second-order valence-corrected chi connectivity index (χ2v) is 6.71. The molecular formula is C16H27NO3. The molecule has 0 spiro atoms. The highest BCUT2D eigenvalue weighted by Gasteiger charge is 2.48. The third-order valence-electron chi connectivity index (χ3n) is 4.45. The lowest BCUT2D eigenvalue weighted by molar-refractivity contribution is -0.151. The SMILES string of the molecule is C=CC(=O)N1C(C)(C)CCC(CCOC(C)=O)C1(C)C. The first-order valence-corrected chi connectivity index (χ1v) is 7.23. The molecule has 0 aromatic carbocycles. The van der Waals surface area contributed by atoms with Gasteiger partial charge in [-0.1, -0.05) is 6.58 Å². The number of nitrogens with zero attached hydrogens (tertiary/aromatic N) is 1. The number of amides is 1. The first-order valence-electron chi connectivity index (χ1n) is 7.23. The number of piperidine rings is 1. The lowest BCUT2D eigenvalue weighted by Crippen LogP contribution is -2.64. The Kier molecular flexibility index (Phi) is 5.00. The summed E-state index contributed by atoms with van der Waals surface area (Å²) in [6.45, 7) is 13.8. The van der Waals surface area contributed by atoms with E-state index in [1.807, 2.05) is 4.90 Å². The van der Waals surface area contributed by atoms with E-state index in [0.29, 0.717) is 12.5 Å². The summed E-state index contributed by atoms with van der Waals surface area (Å²) >= 11 is 0. The Bertz CT molecular complexity index is 399. The summed E-state index contributed by atoms with van der Waals surface area (Å²) in [6.07, 6.45) is 4.14. The molecule has 0 aliphatic carbocycles. The van der Waals surface area contributed by atoms with Crippen molar-refractivity contribution in [1.82, 2.24) is 4.90 Å². The van der Waals surface area contributed by atoms with E-state index in [2.05, 4.69) is 34.3 Å². The van der Waals surface area contributed by atoms with Crippen molar-refractivity contribution in [3.8, 4) is 0 Å². The maximum atomic E-state index is 12.2. The number of carbonyl (C=O) groups is 2. The van der Waals surface area contributed by atoms with Crippen molar-refractivity contribution in [2.24, 2.45) is 5.92 Å². The molecule has 1 amide bonds. The van der Waals surface area contributed by atoms with Gasteiger partial charge in [0.1, 0.15) is 0 Å². The van der Waals surface area contributed by atoms with E-state index in [0.717, 1.165) is 19.3 Å². The van der Waals surface area contributed by atoms with Crippen LogP contribution in [0.5, 0.6) is 0 Å². The summed E-state index contributed by atoms with van der Waals surface area (Å²) in [7, 11) is 0. The van der Waals surface area contributed by atoms with Gasteiger partial charge < -0.3 is 9.64 Å². The predicted molar refractivity (Wildman–Crippen MR) is 79.2 cm³/mol. The molecule has 4 nitrogen and oxygen atoms in total. The molecule has 1 aliphatic rings.